The molecule has 1 aromatic carbocycles. The molecule has 0 radical (unpaired) electrons. The maximum atomic E-state index is 12.9. The van der Waals surface area contributed by atoms with Crippen molar-refractivity contribution in [2.45, 2.75) is 25.9 Å². The van der Waals surface area contributed by atoms with E-state index in [9.17, 15) is 9.18 Å². The van der Waals surface area contributed by atoms with E-state index in [0.717, 1.165) is 17.7 Å². The number of hydrogen-bond donors (Lipinski definition) is 1. The Labute approximate surface area is 128 Å². The summed E-state index contributed by atoms with van der Waals surface area (Å²) in [5.74, 6) is 0.435. The molecule has 1 atom stereocenters. The molecule has 1 aromatic heterocycles. The van der Waals surface area contributed by atoms with Crippen LogP contribution in [0, 0.1) is 12.7 Å². The molecule has 0 spiro atoms. The molecular formula is C16H17FN4O. The minimum Gasteiger partial charge on any atom is -0.358 e. The molecule has 1 unspecified atom stereocenters. The van der Waals surface area contributed by atoms with Crippen LogP contribution in [0.25, 0.3) is 0 Å². The van der Waals surface area contributed by atoms with E-state index in [1.165, 1.54) is 18.5 Å². The van der Waals surface area contributed by atoms with Crippen molar-refractivity contribution in [3.8, 4) is 0 Å². The molecule has 2 heterocycles. The number of benzene rings is 1. The second-order valence-corrected chi connectivity index (χ2v) is 5.42. The van der Waals surface area contributed by atoms with Crippen LogP contribution >= 0.6 is 0 Å². The lowest BCUT2D eigenvalue weighted by Crippen LogP contribution is -2.33. The summed E-state index contributed by atoms with van der Waals surface area (Å²) in [6.07, 6.45) is 2.20. The molecule has 5 nitrogen and oxygen atoms in total. The molecule has 1 saturated heterocycles. The summed E-state index contributed by atoms with van der Waals surface area (Å²) in [7, 11) is 0. The highest BCUT2D eigenvalue weighted by atomic mass is 19.1. The van der Waals surface area contributed by atoms with Gasteiger partial charge in [0.05, 0.1) is 0 Å². The summed E-state index contributed by atoms with van der Waals surface area (Å²) >= 11 is 0. The fourth-order valence-electron chi connectivity index (χ4n) is 2.55. The van der Waals surface area contributed by atoms with Gasteiger partial charge in [-0.25, -0.2) is 14.4 Å². The first-order valence-electron chi connectivity index (χ1n) is 7.20. The van der Waals surface area contributed by atoms with Gasteiger partial charge in [-0.2, -0.15) is 0 Å². The van der Waals surface area contributed by atoms with Gasteiger partial charge < -0.3 is 10.2 Å². The van der Waals surface area contributed by atoms with Crippen LogP contribution in [0.1, 0.15) is 17.7 Å². The van der Waals surface area contributed by atoms with Crippen molar-refractivity contribution in [2.24, 2.45) is 0 Å². The predicted octanol–water partition coefficient (Wildman–Crippen LogP) is 2.14. The number of aromatic nitrogens is 2. The minimum absolute atomic E-state index is 0.0422. The Hall–Kier alpha value is -2.50. The minimum atomic E-state index is -0.269. The van der Waals surface area contributed by atoms with Crippen LogP contribution in [0.2, 0.25) is 0 Å². The number of nitrogens with one attached hydrogen (secondary N) is 1. The molecule has 0 aliphatic carbocycles. The average molecular weight is 300 g/mol. The fraction of sp³-hybridized carbons (Fsp3) is 0.312. The molecule has 114 valence electrons. The lowest BCUT2D eigenvalue weighted by Gasteiger charge is -2.17. The normalized spacial score (nSPS) is 17.8. The smallest absolute Gasteiger partial charge is 0.245 e. The molecule has 22 heavy (non-hydrogen) atoms. The van der Waals surface area contributed by atoms with Crippen molar-refractivity contribution in [2.75, 3.05) is 11.9 Å². The Balaban J connectivity index is 1.63. The Morgan fingerprint density at radius 3 is 2.82 bits per heavy atom. The van der Waals surface area contributed by atoms with Gasteiger partial charge in [0.1, 0.15) is 24.0 Å². The van der Waals surface area contributed by atoms with Crippen molar-refractivity contribution in [1.29, 1.82) is 0 Å². The fourth-order valence-corrected chi connectivity index (χ4v) is 2.55. The largest absolute Gasteiger partial charge is 0.358 e. The second kappa shape index (κ2) is 6.09. The number of carbonyl (C=O) groups excluding carboxylic acids is 1. The lowest BCUT2D eigenvalue weighted by molar-refractivity contribution is -0.128. The number of aryl methyl sites for hydroxylation is 1. The standard InChI is InChI=1S/C16H17FN4O/c1-11-8-15(19-10-18-11)20-14-6-7-21(16(14)22)9-12-2-4-13(17)5-3-12/h2-5,8,10,14H,6-7,9H2,1H3,(H,18,19,20). The van der Waals surface area contributed by atoms with E-state index in [0.29, 0.717) is 18.9 Å². The summed E-state index contributed by atoms with van der Waals surface area (Å²) < 4.78 is 12.9. The molecular weight excluding hydrogens is 283 g/mol. The number of anilines is 1. The summed E-state index contributed by atoms with van der Waals surface area (Å²) in [6, 6.07) is 7.78. The first-order valence-corrected chi connectivity index (χ1v) is 7.20. The number of nitrogens with zero attached hydrogens (tertiary/aromatic N) is 3. The molecule has 0 bridgehead atoms. The lowest BCUT2D eigenvalue weighted by atomic mass is 10.2. The summed E-state index contributed by atoms with van der Waals surface area (Å²) in [5, 5.41) is 3.15. The van der Waals surface area contributed by atoms with E-state index in [2.05, 4.69) is 15.3 Å². The molecule has 0 saturated carbocycles. The van der Waals surface area contributed by atoms with E-state index < -0.39 is 0 Å². The molecule has 1 fully saturated rings. The summed E-state index contributed by atoms with van der Waals surface area (Å²) in [4.78, 5) is 22.3. The third kappa shape index (κ3) is 3.21. The molecule has 1 aliphatic rings. The Morgan fingerprint density at radius 1 is 1.32 bits per heavy atom. The van der Waals surface area contributed by atoms with Gasteiger partial charge in [0.2, 0.25) is 5.91 Å². The Bertz CT molecular complexity index is 674. The summed E-state index contributed by atoms with van der Waals surface area (Å²) in [5.41, 5.74) is 1.78. The van der Waals surface area contributed by atoms with Crippen molar-refractivity contribution >= 4 is 11.7 Å². The van der Waals surface area contributed by atoms with Crippen LogP contribution in [0.15, 0.2) is 36.7 Å². The van der Waals surface area contributed by atoms with Gasteiger partial charge in [0.15, 0.2) is 0 Å². The number of rotatable bonds is 4. The average Bonchev–Trinajstić information content (AvgIpc) is 2.83. The SMILES string of the molecule is Cc1cc(NC2CCN(Cc3ccc(F)cc3)C2=O)ncn1. The van der Waals surface area contributed by atoms with E-state index in [1.54, 1.807) is 17.0 Å². The number of likely N-dealkylation sites (tertiary alicyclic amines) is 1. The summed E-state index contributed by atoms with van der Waals surface area (Å²) in [6.45, 7) is 3.06. The molecule has 1 N–H and O–H groups in total. The molecule has 1 amide bonds. The quantitative estimate of drug-likeness (QED) is 0.940. The van der Waals surface area contributed by atoms with Crippen molar-refractivity contribution in [1.82, 2.24) is 14.9 Å². The topological polar surface area (TPSA) is 58.1 Å². The zero-order valence-electron chi connectivity index (χ0n) is 12.3. The second-order valence-electron chi connectivity index (χ2n) is 5.42. The number of carbonyl (C=O) groups is 1. The Kier molecular flexibility index (Phi) is 4.00. The van der Waals surface area contributed by atoms with E-state index >= 15 is 0 Å². The van der Waals surface area contributed by atoms with Crippen LogP contribution in [-0.4, -0.2) is 33.4 Å². The molecule has 2 aromatic rings. The van der Waals surface area contributed by atoms with Crippen molar-refractivity contribution in [3.05, 3.63) is 53.7 Å². The third-order valence-electron chi connectivity index (χ3n) is 3.71. The zero-order valence-corrected chi connectivity index (χ0v) is 12.3. The van der Waals surface area contributed by atoms with E-state index in [4.69, 9.17) is 0 Å². The van der Waals surface area contributed by atoms with Crippen LogP contribution in [0.3, 0.4) is 0 Å². The zero-order chi connectivity index (χ0) is 15.5. The maximum Gasteiger partial charge on any atom is 0.245 e. The first kappa shape index (κ1) is 14.4. The van der Waals surface area contributed by atoms with Gasteiger partial charge in [-0.05, 0) is 31.0 Å². The van der Waals surface area contributed by atoms with Gasteiger partial charge >= 0.3 is 0 Å². The van der Waals surface area contributed by atoms with Crippen LogP contribution in [0.5, 0.6) is 0 Å². The van der Waals surface area contributed by atoms with Crippen LogP contribution in [-0.2, 0) is 11.3 Å². The highest BCUT2D eigenvalue weighted by molar-refractivity contribution is 5.86. The highest BCUT2D eigenvalue weighted by Gasteiger charge is 2.31. The van der Waals surface area contributed by atoms with Crippen LogP contribution in [0.4, 0.5) is 10.2 Å². The molecule has 1 aliphatic heterocycles. The maximum absolute atomic E-state index is 12.9. The number of amides is 1. The van der Waals surface area contributed by atoms with Gasteiger partial charge in [0, 0.05) is 24.8 Å². The third-order valence-corrected chi connectivity index (χ3v) is 3.71. The monoisotopic (exact) mass is 300 g/mol. The van der Waals surface area contributed by atoms with Crippen molar-refractivity contribution < 1.29 is 9.18 Å². The Morgan fingerprint density at radius 2 is 2.09 bits per heavy atom. The number of halogens is 1. The molecule has 6 heteroatoms. The van der Waals surface area contributed by atoms with Crippen molar-refractivity contribution in [3.63, 3.8) is 0 Å². The van der Waals surface area contributed by atoms with Gasteiger partial charge in [-0.1, -0.05) is 12.1 Å². The van der Waals surface area contributed by atoms with E-state index in [1.807, 2.05) is 13.0 Å². The van der Waals surface area contributed by atoms with Crippen LogP contribution < -0.4 is 5.32 Å². The van der Waals surface area contributed by atoms with Gasteiger partial charge in [0.25, 0.3) is 0 Å². The van der Waals surface area contributed by atoms with E-state index in [-0.39, 0.29) is 17.8 Å². The van der Waals surface area contributed by atoms with Gasteiger partial charge in [-0.15, -0.1) is 0 Å². The molecule has 3 rings (SSSR count). The highest BCUT2D eigenvalue weighted by Crippen LogP contribution is 2.18. The van der Waals surface area contributed by atoms with Gasteiger partial charge in [-0.3, -0.25) is 4.79 Å². The predicted molar refractivity (Wildman–Crippen MR) is 80.6 cm³/mol. The number of hydrogen-bond acceptors (Lipinski definition) is 4. The first-order chi connectivity index (χ1) is 10.6.